The molecule has 0 bridgehead atoms. The van der Waals surface area contributed by atoms with Crippen molar-refractivity contribution in [2.45, 2.75) is 0 Å². The number of likely N-dealkylation sites (N-methyl/N-ethyl adjacent to an activating group) is 1. The molecule has 35 heavy (non-hydrogen) atoms. The van der Waals surface area contributed by atoms with Gasteiger partial charge in [-0.05, 0) is 43.4 Å². The molecule has 1 amide bonds. The van der Waals surface area contributed by atoms with Crippen LogP contribution in [0.1, 0.15) is 26.3 Å². The van der Waals surface area contributed by atoms with E-state index < -0.39 is 0 Å². The summed E-state index contributed by atoms with van der Waals surface area (Å²) < 4.78 is 0. The molecule has 0 aliphatic heterocycles. The van der Waals surface area contributed by atoms with Crippen molar-refractivity contribution in [1.29, 1.82) is 0 Å². The van der Waals surface area contributed by atoms with Gasteiger partial charge in [-0.2, -0.15) is 0 Å². The lowest BCUT2D eigenvalue weighted by Gasteiger charge is -2.12. The van der Waals surface area contributed by atoms with Crippen LogP contribution < -0.4 is 11.1 Å². The molecule has 3 aromatic carbocycles. The number of carbonyl (C=O) groups excluding carboxylic acids is 2. The van der Waals surface area contributed by atoms with E-state index in [0.717, 1.165) is 28.8 Å². The van der Waals surface area contributed by atoms with Crippen molar-refractivity contribution in [2.24, 2.45) is 0 Å². The number of benzene rings is 3. The van der Waals surface area contributed by atoms with Crippen molar-refractivity contribution >= 4 is 17.5 Å². The Balaban J connectivity index is 1.57. The van der Waals surface area contributed by atoms with Gasteiger partial charge in [-0.1, -0.05) is 66.7 Å². The van der Waals surface area contributed by atoms with Crippen LogP contribution in [0, 0.1) is 0 Å². The minimum absolute atomic E-state index is 0.0299. The zero-order valence-electron chi connectivity index (χ0n) is 19.9. The number of amides is 1. The quantitative estimate of drug-likeness (QED) is 0.374. The number of ketones is 1. The van der Waals surface area contributed by atoms with Crippen LogP contribution in [0.5, 0.6) is 0 Å². The first-order valence-electron chi connectivity index (χ1n) is 11.4. The highest BCUT2D eigenvalue weighted by Crippen LogP contribution is 2.30. The lowest BCUT2D eigenvalue weighted by Crippen LogP contribution is -2.31. The number of nitrogens with one attached hydrogen (secondary N) is 1. The van der Waals surface area contributed by atoms with Gasteiger partial charge in [0, 0.05) is 47.1 Å². The molecule has 0 fully saturated rings. The molecule has 176 valence electrons. The third-order valence-corrected chi connectivity index (χ3v) is 5.72. The SMILES string of the molecule is CN(C)CCNC(=O)c1cccc(-c2cnc(N)c(-c3ccc(C(=O)c4ccccc4)cc3)c2)c1. The van der Waals surface area contributed by atoms with Crippen LogP contribution >= 0.6 is 0 Å². The summed E-state index contributed by atoms with van der Waals surface area (Å²) >= 11 is 0. The van der Waals surface area contributed by atoms with Crippen molar-refractivity contribution in [3.8, 4) is 22.3 Å². The summed E-state index contributed by atoms with van der Waals surface area (Å²) in [5, 5.41) is 2.94. The number of rotatable bonds is 8. The monoisotopic (exact) mass is 464 g/mol. The number of hydrogen-bond acceptors (Lipinski definition) is 5. The number of hydrogen-bond donors (Lipinski definition) is 2. The summed E-state index contributed by atoms with van der Waals surface area (Å²) in [5.74, 6) is 0.252. The maximum Gasteiger partial charge on any atom is 0.251 e. The number of nitrogens with zero attached hydrogens (tertiary/aromatic N) is 2. The molecular weight excluding hydrogens is 436 g/mol. The average molecular weight is 465 g/mol. The average Bonchev–Trinajstić information content (AvgIpc) is 2.89. The fourth-order valence-electron chi connectivity index (χ4n) is 3.76. The number of nitrogens with two attached hydrogens (primary N) is 1. The normalized spacial score (nSPS) is 10.8. The maximum atomic E-state index is 12.7. The molecule has 0 atom stereocenters. The molecule has 0 saturated carbocycles. The first-order chi connectivity index (χ1) is 16.9. The van der Waals surface area contributed by atoms with Gasteiger partial charge in [0.15, 0.2) is 5.78 Å². The molecule has 4 aromatic rings. The second kappa shape index (κ2) is 10.8. The fourth-order valence-corrected chi connectivity index (χ4v) is 3.76. The van der Waals surface area contributed by atoms with Crippen LogP contribution in [-0.2, 0) is 0 Å². The van der Waals surface area contributed by atoms with E-state index in [0.29, 0.717) is 29.1 Å². The molecule has 0 unspecified atom stereocenters. The van der Waals surface area contributed by atoms with Gasteiger partial charge >= 0.3 is 0 Å². The summed E-state index contributed by atoms with van der Waals surface area (Å²) in [6.45, 7) is 1.35. The van der Waals surface area contributed by atoms with Gasteiger partial charge in [0.2, 0.25) is 0 Å². The Bertz CT molecular complexity index is 1330. The molecule has 0 spiro atoms. The van der Waals surface area contributed by atoms with Crippen molar-refractivity contribution in [1.82, 2.24) is 15.2 Å². The zero-order chi connectivity index (χ0) is 24.8. The van der Waals surface area contributed by atoms with Gasteiger partial charge in [-0.15, -0.1) is 0 Å². The third-order valence-electron chi connectivity index (χ3n) is 5.72. The van der Waals surface area contributed by atoms with Crippen LogP contribution in [0.25, 0.3) is 22.3 Å². The molecular formula is C29H28N4O2. The molecule has 3 N–H and O–H groups in total. The molecule has 1 heterocycles. The number of carbonyl (C=O) groups is 2. The van der Waals surface area contributed by atoms with Crippen LogP contribution in [0.15, 0.2) is 91.1 Å². The molecule has 4 rings (SSSR count). The second-order valence-electron chi connectivity index (χ2n) is 8.57. The lowest BCUT2D eigenvalue weighted by molar-refractivity contribution is 0.0950. The van der Waals surface area contributed by atoms with Gasteiger partial charge in [-0.25, -0.2) is 4.98 Å². The lowest BCUT2D eigenvalue weighted by atomic mass is 9.97. The van der Waals surface area contributed by atoms with E-state index >= 15 is 0 Å². The summed E-state index contributed by atoms with van der Waals surface area (Å²) in [7, 11) is 3.93. The van der Waals surface area contributed by atoms with E-state index in [2.05, 4.69) is 10.3 Å². The summed E-state index contributed by atoms with van der Waals surface area (Å²) in [4.78, 5) is 31.7. The Morgan fingerprint density at radius 1 is 0.800 bits per heavy atom. The Labute approximate surface area is 205 Å². The Morgan fingerprint density at radius 2 is 1.49 bits per heavy atom. The minimum Gasteiger partial charge on any atom is -0.383 e. The van der Waals surface area contributed by atoms with E-state index in [9.17, 15) is 9.59 Å². The van der Waals surface area contributed by atoms with Crippen LogP contribution in [0.2, 0.25) is 0 Å². The van der Waals surface area contributed by atoms with E-state index in [4.69, 9.17) is 5.73 Å². The predicted octanol–water partition coefficient (Wildman–Crippen LogP) is 4.52. The Morgan fingerprint density at radius 3 is 2.20 bits per heavy atom. The summed E-state index contributed by atoms with van der Waals surface area (Å²) in [6, 6.07) is 25.9. The topological polar surface area (TPSA) is 88.3 Å². The Hall–Kier alpha value is -4.29. The second-order valence-corrected chi connectivity index (χ2v) is 8.57. The van der Waals surface area contributed by atoms with Gasteiger partial charge in [0.05, 0.1) is 0 Å². The number of pyridine rings is 1. The van der Waals surface area contributed by atoms with Crippen molar-refractivity contribution < 1.29 is 9.59 Å². The molecule has 0 radical (unpaired) electrons. The first-order valence-corrected chi connectivity index (χ1v) is 11.4. The highest BCUT2D eigenvalue weighted by atomic mass is 16.1. The molecule has 0 aliphatic carbocycles. The van der Waals surface area contributed by atoms with E-state index in [1.54, 1.807) is 36.5 Å². The first kappa shape index (κ1) is 23.9. The van der Waals surface area contributed by atoms with E-state index in [-0.39, 0.29) is 11.7 Å². The van der Waals surface area contributed by atoms with E-state index in [1.165, 1.54) is 0 Å². The standard InChI is InChI=1S/C29H28N4O2/c1-33(2)16-15-31-29(35)24-10-6-9-23(17-24)25-18-26(28(30)32-19-25)20-11-13-22(14-12-20)27(34)21-7-4-3-5-8-21/h3-14,17-19H,15-16H2,1-2H3,(H2,30,32)(H,31,35). The molecule has 1 aromatic heterocycles. The number of anilines is 1. The highest BCUT2D eigenvalue weighted by molar-refractivity contribution is 6.09. The van der Waals surface area contributed by atoms with Gasteiger partial charge in [-0.3, -0.25) is 9.59 Å². The van der Waals surface area contributed by atoms with Gasteiger partial charge in [0.25, 0.3) is 5.91 Å². The van der Waals surface area contributed by atoms with Crippen molar-refractivity contribution in [3.05, 3.63) is 108 Å². The summed E-state index contributed by atoms with van der Waals surface area (Å²) in [6.07, 6.45) is 1.70. The molecule has 6 nitrogen and oxygen atoms in total. The van der Waals surface area contributed by atoms with E-state index in [1.807, 2.05) is 73.6 Å². The highest BCUT2D eigenvalue weighted by Gasteiger charge is 2.12. The number of aromatic nitrogens is 1. The minimum atomic E-state index is -0.115. The van der Waals surface area contributed by atoms with Crippen LogP contribution in [-0.4, -0.2) is 48.8 Å². The largest absolute Gasteiger partial charge is 0.383 e. The van der Waals surface area contributed by atoms with Crippen molar-refractivity contribution in [3.63, 3.8) is 0 Å². The summed E-state index contributed by atoms with van der Waals surface area (Å²) in [5.41, 5.74) is 11.4. The van der Waals surface area contributed by atoms with Gasteiger partial charge < -0.3 is 16.0 Å². The fraction of sp³-hybridized carbons (Fsp3) is 0.138. The third kappa shape index (κ3) is 5.80. The maximum absolute atomic E-state index is 12.7. The smallest absolute Gasteiger partial charge is 0.251 e. The van der Waals surface area contributed by atoms with Gasteiger partial charge in [0.1, 0.15) is 5.82 Å². The molecule has 6 heteroatoms. The number of nitrogen functional groups attached to an aromatic ring is 1. The van der Waals surface area contributed by atoms with Crippen molar-refractivity contribution in [2.75, 3.05) is 32.9 Å². The molecule has 0 saturated heterocycles. The van der Waals surface area contributed by atoms with Crippen LogP contribution in [0.3, 0.4) is 0 Å². The Kier molecular flexibility index (Phi) is 7.33. The zero-order valence-corrected chi connectivity index (χ0v) is 19.9. The predicted molar refractivity (Wildman–Crippen MR) is 140 cm³/mol. The molecule has 0 aliphatic rings. The van der Waals surface area contributed by atoms with Crippen LogP contribution in [0.4, 0.5) is 5.82 Å².